The van der Waals surface area contributed by atoms with Crippen molar-refractivity contribution in [3.8, 4) is 0 Å². The predicted molar refractivity (Wildman–Crippen MR) is 50.3 cm³/mol. The van der Waals surface area contributed by atoms with E-state index in [1.54, 1.807) is 0 Å². The molecule has 0 aromatic rings. The normalized spacial score (nSPS) is 18.4. The fourth-order valence-electron chi connectivity index (χ4n) is 0.719. The molecule has 0 aliphatic heterocycles. The van der Waals surface area contributed by atoms with E-state index in [1.807, 2.05) is 34.6 Å². The fourth-order valence-corrected chi connectivity index (χ4v) is 2.16. The molecule has 0 rings (SSSR count). The molecule has 0 aliphatic carbocycles. The minimum atomic E-state index is -2.40. The molecule has 0 amide bonds. The van der Waals surface area contributed by atoms with E-state index in [9.17, 15) is 4.21 Å². The van der Waals surface area contributed by atoms with Crippen molar-refractivity contribution < 1.29 is 4.21 Å². The molecule has 0 aliphatic rings. The summed E-state index contributed by atoms with van der Waals surface area (Å²) in [4.78, 5) is 0. The van der Waals surface area contributed by atoms with Crippen LogP contribution in [0.4, 0.5) is 0 Å². The second kappa shape index (κ2) is 3.13. The van der Waals surface area contributed by atoms with Gasteiger partial charge in [-0.3, -0.25) is 4.78 Å². The summed E-state index contributed by atoms with van der Waals surface area (Å²) in [5, 5.41) is 0. The van der Waals surface area contributed by atoms with Gasteiger partial charge in [-0.1, -0.05) is 13.8 Å². The maximum absolute atomic E-state index is 11.7. The molecule has 68 valence electrons. The first kappa shape index (κ1) is 11.0. The Morgan fingerprint density at radius 3 is 1.82 bits per heavy atom. The Morgan fingerprint density at radius 2 is 1.73 bits per heavy atom. The van der Waals surface area contributed by atoms with Crippen molar-refractivity contribution in [3.05, 3.63) is 0 Å². The van der Waals surface area contributed by atoms with Gasteiger partial charge in [0, 0.05) is 20.2 Å². The lowest BCUT2D eigenvalue weighted by molar-refractivity contribution is 0.619. The summed E-state index contributed by atoms with van der Waals surface area (Å²) in [6.07, 6.45) is 0. The molecule has 1 atom stereocenters. The Labute approximate surface area is 70.4 Å². The minimum Gasteiger partial charge on any atom is -0.252 e. The Balaban J connectivity index is 4.51. The van der Waals surface area contributed by atoms with Crippen LogP contribution >= 0.6 is 0 Å². The molecule has 0 unspecified atom stereocenters. The van der Waals surface area contributed by atoms with Crippen LogP contribution in [-0.2, 0) is 9.73 Å². The molecule has 0 radical (unpaired) electrons. The van der Waals surface area contributed by atoms with Crippen molar-refractivity contribution >= 4 is 9.73 Å². The predicted octanol–water partition coefficient (Wildman–Crippen LogP) is 2.49. The molecule has 0 spiro atoms. The third-order valence-electron chi connectivity index (χ3n) is 1.56. The largest absolute Gasteiger partial charge is 0.252 e. The Morgan fingerprint density at radius 1 is 1.36 bits per heavy atom. The standard InChI is InChI=1S/C8H19NOS/c1-7(2)6-11(9,10)8(3,4)5/h7,9H,6H2,1-5H3/t11-/m0/s1. The van der Waals surface area contributed by atoms with Gasteiger partial charge >= 0.3 is 0 Å². The van der Waals surface area contributed by atoms with E-state index in [0.29, 0.717) is 11.7 Å². The Kier molecular flexibility index (Phi) is 3.12. The number of rotatable bonds is 2. The molecule has 2 nitrogen and oxygen atoms in total. The zero-order valence-corrected chi connectivity index (χ0v) is 8.92. The van der Waals surface area contributed by atoms with Gasteiger partial charge in [-0.2, -0.15) is 0 Å². The van der Waals surface area contributed by atoms with Gasteiger partial charge in [0.25, 0.3) is 0 Å². The maximum Gasteiger partial charge on any atom is 0.0493 e. The molecular weight excluding hydrogens is 158 g/mol. The van der Waals surface area contributed by atoms with Gasteiger partial charge in [-0.05, 0) is 26.7 Å². The molecule has 11 heavy (non-hydrogen) atoms. The van der Waals surface area contributed by atoms with E-state index in [1.165, 1.54) is 0 Å². The molecule has 0 aromatic heterocycles. The van der Waals surface area contributed by atoms with Crippen LogP contribution in [0.2, 0.25) is 0 Å². The molecule has 0 saturated carbocycles. The third kappa shape index (κ3) is 3.23. The average molecular weight is 177 g/mol. The van der Waals surface area contributed by atoms with Gasteiger partial charge in [0.1, 0.15) is 0 Å². The van der Waals surface area contributed by atoms with E-state index >= 15 is 0 Å². The second-order valence-electron chi connectivity index (χ2n) is 4.35. The monoisotopic (exact) mass is 177 g/mol. The van der Waals surface area contributed by atoms with Crippen LogP contribution in [0.5, 0.6) is 0 Å². The fraction of sp³-hybridized carbons (Fsp3) is 1.00. The highest BCUT2D eigenvalue weighted by Gasteiger charge is 2.25. The SMILES string of the molecule is CC(C)C[S@](=N)(=O)C(C)(C)C. The van der Waals surface area contributed by atoms with Crippen LogP contribution in [0.15, 0.2) is 0 Å². The molecule has 0 fully saturated rings. The highest BCUT2D eigenvalue weighted by atomic mass is 32.2. The topological polar surface area (TPSA) is 40.9 Å². The van der Waals surface area contributed by atoms with Crippen LogP contribution in [0.1, 0.15) is 34.6 Å². The summed E-state index contributed by atoms with van der Waals surface area (Å²) in [6.45, 7) is 9.60. The van der Waals surface area contributed by atoms with Crippen molar-refractivity contribution in [2.24, 2.45) is 5.92 Å². The summed E-state index contributed by atoms with van der Waals surface area (Å²) in [5.74, 6) is 0.857. The highest BCUT2D eigenvalue weighted by molar-refractivity contribution is 7.93. The summed E-state index contributed by atoms with van der Waals surface area (Å²) in [6, 6.07) is 0. The van der Waals surface area contributed by atoms with Gasteiger partial charge in [0.05, 0.1) is 0 Å². The molecule has 3 heteroatoms. The molecule has 0 bridgehead atoms. The van der Waals surface area contributed by atoms with Crippen molar-refractivity contribution in [2.75, 3.05) is 5.75 Å². The number of hydrogen-bond donors (Lipinski definition) is 1. The van der Waals surface area contributed by atoms with Crippen molar-refractivity contribution in [2.45, 2.75) is 39.4 Å². The quantitative estimate of drug-likeness (QED) is 0.691. The van der Waals surface area contributed by atoms with Crippen LogP contribution in [0, 0.1) is 10.7 Å². The first-order valence-corrected chi connectivity index (χ1v) is 5.65. The zero-order valence-electron chi connectivity index (χ0n) is 8.10. The van der Waals surface area contributed by atoms with Gasteiger partial charge < -0.3 is 0 Å². The first-order chi connectivity index (χ1) is 4.67. The van der Waals surface area contributed by atoms with Crippen LogP contribution < -0.4 is 0 Å². The zero-order chi connectivity index (χ0) is 9.28. The Bertz CT molecular complexity index is 209. The van der Waals surface area contributed by atoms with Crippen LogP contribution in [-0.4, -0.2) is 14.7 Å². The lowest BCUT2D eigenvalue weighted by Crippen LogP contribution is -2.30. The van der Waals surface area contributed by atoms with Gasteiger partial charge in [-0.25, -0.2) is 4.21 Å². The number of nitrogens with one attached hydrogen (secondary N) is 1. The Hall–Kier alpha value is -0.0500. The molecular formula is C8H19NOS. The van der Waals surface area contributed by atoms with Gasteiger partial charge in [0.15, 0.2) is 0 Å². The summed E-state index contributed by atoms with van der Waals surface area (Å²) in [7, 11) is -2.40. The van der Waals surface area contributed by atoms with Crippen molar-refractivity contribution in [3.63, 3.8) is 0 Å². The van der Waals surface area contributed by atoms with E-state index in [2.05, 4.69) is 0 Å². The van der Waals surface area contributed by atoms with E-state index < -0.39 is 9.73 Å². The maximum atomic E-state index is 11.7. The van der Waals surface area contributed by atoms with E-state index in [4.69, 9.17) is 4.78 Å². The molecule has 0 aromatic carbocycles. The smallest absolute Gasteiger partial charge is 0.0493 e. The first-order valence-electron chi connectivity index (χ1n) is 3.93. The lowest BCUT2D eigenvalue weighted by atomic mass is 10.2. The number of hydrogen-bond acceptors (Lipinski definition) is 2. The third-order valence-corrected chi connectivity index (χ3v) is 4.67. The van der Waals surface area contributed by atoms with E-state index in [0.717, 1.165) is 0 Å². The van der Waals surface area contributed by atoms with Crippen molar-refractivity contribution in [1.29, 1.82) is 4.78 Å². The van der Waals surface area contributed by atoms with Crippen molar-refractivity contribution in [1.82, 2.24) is 0 Å². The van der Waals surface area contributed by atoms with Crippen LogP contribution in [0.3, 0.4) is 0 Å². The molecule has 0 heterocycles. The molecule has 1 N–H and O–H groups in total. The van der Waals surface area contributed by atoms with Crippen LogP contribution in [0.25, 0.3) is 0 Å². The van der Waals surface area contributed by atoms with Gasteiger partial charge in [0.2, 0.25) is 0 Å². The molecule has 0 saturated heterocycles. The summed E-state index contributed by atoms with van der Waals surface area (Å²) in [5.41, 5.74) is 0. The average Bonchev–Trinajstić information content (AvgIpc) is 1.56. The summed E-state index contributed by atoms with van der Waals surface area (Å²) >= 11 is 0. The van der Waals surface area contributed by atoms with Gasteiger partial charge in [-0.15, -0.1) is 0 Å². The summed E-state index contributed by atoms with van der Waals surface area (Å²) < 4.78 is 18.9. The second-order valence-corrected chi connectivity index (χ2v) is 7.26. The minimum absolute atomic E-state index is 0.347. The highest BCUT2D eigenvalue weighted by Crippen LogP contribution is 2.19. The lowest BCUT2D eigenvalue weighted by Gasteiger charge is -2.23. The van der Waals surface area contributed by atoms with E-state index in [-0.39, 0.29) is 4.75 Å².